The molecule has 1 aliphatic rings. The number of nitrogens with one attached hydrogen (secondary N) is 1. The fraction of sp³-hybridized carbons (Fsp3) is 0.538. The van der Waals surface area contributed by atoms with Gasteiger partial charge < -0.3 is 15.5 Å². The lowest BCUT2D eigenvalue weighted by atomic mass is 10.00. The van der Waals surface area contributed by atoms with Crippen molar-refractivity contribution < 1.29 is 23.4 Å². The summed E-state index contributed by atoms with van der Waals surface area (Å²) in [5.74, 6) is -0.732. The molecule has 0 unspecified atom stereocenters. The maximum Gasteiger partial charge on any atom is 0.390 e. The summed E-state index contributed by atoms with van der Waals surface area (Å²) in [6.07, 6.45) is -5.26. The maximum absolute atomic E-state index is 12.8. The van der Waals surface area contributed by atoms with Crippen LogP contribution in [0.15, 0.2) is 18.2 Å². The Morgan fingerprint density at radius 2 is 1.76 bits per heavy atom. The topological polar surface area (TPSA) is 55.7 Å². The average molecular weight is 327 g/mol. The van der Waals surface area contributed by atoms with E-state index in [0.29, 0.717) is 31.7 Å². The number of hydrogen-bond donors (Lipinski definition) is 3. The van der Waals surface area contributed by atoms with E-state index in [9.17, 15) is 23.4 Å². The summed E-state index contributed by atoms with van der Waals surface area (Å²) in [6, 6.07) is 3.00. The fourth-order valence-corrected chi connectivity index (χ4v) is 2.42. The summed E-state index contributed by atoms with van der Waals surface area (Å²) in [4.78, 5) is 1.75. The molecule has 4 nitrogen and oxygen atoms in total. The van der Waals surface area contributed by atoms with Gasteiger partial charge in [-0.05, 0) is 17.7 Å². The molecule has 1 heterocycles. The first-order valence-electron chi connectivity index (χ1n) is 6.40. The van der Waals surface area contributed by atoms with Gasteiger partial charge in [0.05, 0.1) is 6.42 Å². The molecule has 120 valence electrons. The monoisotopic (exact) mass is 326 g/mol. The van der Waals surface area contributed by atoms with Crippen molar-refractivity contribution in [2.24, 2.45) is 0 Å². The number of alkyl halides is 3. The highest BCUT2D eigenvalue weighted by molar-refractivity contribution is 5.85. The molecule has 0 bridgehead atoms. The molecule has 0 aromatic heterocycles. The maximum atomic E-state index is 12.8. The molecule has 0 radical (unpaired) electrons. The van der Waals surface area contributed by atoms with Crippen LogP contribution in [0, 0.1) is 0 Å². The standard InChI is InChI=1S/C13H17F3N2O2.ClH/c14-13(15,16)8-10(18-5-3-17-4-6-18)9-1-2-11(19)12(20)7-9;/h1-2,7,10,17,19-20H,3-6,8H2;1H/t10-;/m0./s1. The molecule has 0 spiro atoms. The number of phenolic OH excluding ortho intramolecular Hbond substituents is 2. The molecule has 1 atom stereocenters. The molecule has 2 rings (SSSR count). The number of phenols is 2. The van der Waals surface area contributed by atoms with Gasteiger partial charge in [-0.15, -0.1) is 12.4 Å². The lowest BCUT2D eigenvalue weighted by molar-refractivity contribution is -0.148. The number of benzene rings is 1. The smallest absolute Gasteiger partial charge is 0.390 e. The van der Waals surface area contributed by atoms with Crippen molar-refractivity contribution in [3.05, 3.63) is 23.8 Å². The molecule has 0 saturated carbocycles. The van der Waals surface area contributed by atoms with Crippen LogP contribution in [0.5, 0.6) is 11.5 Å². The molecule has 0 amide bonds. The van der Waals surface area contributed by atoms with Crippen LogP contribution < -0.4 is 5.32 Å². The highest BCUT2D eigenvalue weighted by Crippen LogP contribution is 2.37. The fourth-order valence-electron chi connectivity index (χ4n) is 2.42. The van der Waals surface area contributed by atoms with Gasteiger partial charge in [-0.3, -0.25) is 4.90 Å². The largest absolute Gasteiger partial charge is 0.504 e. The minimum absolute atomic E-state index is 0. The second kappa shape index (κ2) is 7.20. The molecule has 1 fully saturated rings. The Bertz CT molecular complexity index is 465. The van der Waals surface area contributed by atoms with Gasteiger partial charge in [0.1, 0.15) is 0 Å². The number of halogens is 4. The van der Waals surface area contributed by atoms with Gasteiger partial charge in [-0.25, -0.2) is 0 Å². The Morgan fingerprint density at radius 1 is 1.14 bits per heavy atom. The molecule has 1 aromatic carbocycles. The van der Waals surface area contributed by atoms with Gasteiger partial charge in [0, 0.05) is 32.2 Å². The second-order valence-electron chi connectivity index (χ2n) is 4.87. The van der Waals surface area contributed by atoms with Crippen LogP contribution in [0.4, 0.5) is 13.2 Å². The molecular weight excluding hydrogens is 309 g/mol. The van der Waals surface area contributed by atoms with Crippen LogP contribution in [-0.2, 0) is 0 Å². The Balaban J connectivity index is 0.00000220. The van der Waals surface area contributed by atoms with E-state index >= 15 is 0 Å². The van der Waals surface area contributed by atoms with Gasteiger partial charge in [0.25, 0.3) is 0 Å². The van der Waals surface area contributed by atoms with Gasteiger partial charge in [-0.1, -0.05) is 6.07 Å². The van der Waals surface area contributed by atoms with Crippen LogP contribution in [0.2, 0.25) is 0 Å². The zero-order valence-corrected chi connectivity index (χ0v) is 12.0. The number of piperazine rings is 1. The normalized spacial score (nSPS) is 18.0. The van der Waals surface area contributed by atoms with E-state index in [1.165, 1.54) is 18.2 Å². The Morgan fingerprint density at radius 3 is 2.29 bits per heavy atom. The molecule has 1 aliphatic heterocycles. The Hall–Kier alpha value is -1.18. The molecule has 1 aromatic rings. The van der Waals surface area contributed by atoms with Crippen molar-refractivity contribution in [2.45, 2.75) is 18.6 Å². The van der Waals surface area contributed by atoms with Crippen molar-refractivity contribution in [1.29, 1.82) is 0 Å². The zero-order chi connectivity index (χ0) is 14.8. The van der Waals surface area contributed by atoms with Crippen LogP contribution in [0.3, 0.4) is 0 Å². The van der Waals surface area contributed by atoms with Crippen LogP contribution in [0.25, 0.3) is 0 Å². The summed E-state index contributed by atoms with van der Waals surface area (Å²) in [5.41, 5.74) is 0.361. The van der Waals surface area contributed by atoms with E-state index in [1.807, 2.05) is 0 Å². The predicted octanol–water partition coefficient (Wildman–Crippen LogP) is 2.42. The van der Waals surface area contributed by atoms with E-state index in [0.717, 1.165) is 0 Å². The Labute approximate surface area is 127 Å². The van der Waals surface area contributed by atoms with Gasteiger partial charge in [0.15, 0.2) is 11.5 Å². The van der Waals surface area contributed by atoms with Gasteiger partial charge in [-0.2, -0.15) is 13.2 Å². The van der Waals surface area contributed by atoms with Crippen LogP contribution in [0.1, 0.15) is 18.0 Å². The molecule has 1 saturated heterocycles. The highest BCUT2D eigenvalue weighted by Gasteiger charge is 2.36. The number of nitrogens with zero attached hydrogens (tertiary/aromatic N) is 1. The first-order valence-corrected chi connectivity index (χ1v) is 6.40. The summed E-state index contributed by atoms with van der Waals surface area (Å²) >= 11 is 0. The van der Waals surface area contributed by atoms with E-state index < -0.39 is 24.4 Å². The summed E-state index contributed by atoms with van der Waals surface area (Å²) in [5, 5.41) is 21.8. The highest BCUT2D eigenvalue weighted by atomic mass is 35.5. The number of rotatable bonds is 3. The predicted molar refractivity (Wildman–Crippen MR) is 74.9 cm³/mol. The van der Waals surface area contributed by atoms with Crippen molar-refractivity contribution in [2.75, 3.05) is 26.2 Å². The van der Waals surface area contributed by atoms with Crippen LogP contribution in [-0.4, -0.2) is 47.5 Å². The minimum Gasteiger partial charge on any atom is -0.504 e. The lowest BCUT2D eigenvalue weighted by Gasteiger charge is -2.35. The second-order valence-corrected chi connectivity index (χ2v) is 4.87. The van der Waals surface area contributed by atoms with E-state index in [4.69, 9.17) is 0 Å². The van der Waals surface area contributed by atoms with E-state index in [-0.39, 0.29) is 18.2 Å². The molecule has 21 heavy (non-hydrogen) atoms. The zero-order valence-electron chi connectivity index (χ0n) is 11.2. The molecule has 0 aliphatic carbocycles. The van der Waals surface area contributed by atoms with Crippen molar-refractivity contribution >= 4 is 12.4 Å². The van der Waals surface area contributed by atoms with Crippen molar-refractivity contribution in [1.82, 2.24) is 10.2 Å². The quantitative estimate of drug-likeness (QED) is 0.747. The first kappa shape index (κ1) is 17.9. The minimum atomic E-state index is -4.29. The third-order valence-electron chi connectivity index (χ3n) is 3.40. The number of hydrogen-bond acceptors (Lipinski definition) is 4. The molecule has 3 N–H and O–H groups in total. The SMILES string of the molecule is Cl.Oc1ccc([C@H](CC(F)(F)F)N2CCNCC2)cc1O. The van der Waals surface area contributed by atoms with Crippen molar-refractivity contribution in [3.63, 3.8) is 0 Å². The van der Waals surface area contributed by atoms with E-state index in [2.05, 4.69) is 5.32 Å². The van der Waals surface area contributed by atoms with E-state index in [1.54, 1.807) is 4.90 Å². The van der Waals surface area contributed by atoms with Gasteiger partial charge >= 0.3 is 6.18 Å². The van der Waals surface area contributed by atoms with Crippen molar-refractivity contribution in [3.8, 4) is 11.5 Å². The number of aromatic hydroxyl groups is 2. The molecular formula is C13H18ClF3N2O2. The summed E-state index contributed by atoms with van der Waals surface area (Å²) < 4.78 is 38.3. The summed E-state index contributed by atoms with van der Waals surface area (Å²) in [6.45, 7) is 2.31. The average Bonchev–Trinajstić information content (AvgIpc) is 2.39. The third-order valence-corrected chi connectivity index (χ3v) is 3.40. The lowest BCUT2D eigenvalue weighted by Crippen LogP contribution is -2.46. The third kappa shape index (κ3) is 4.94. The van der Waals surface area contributed by atoms with Gasteiger partial charge in [0.2, 0.25) is 0 Å². The Kier molecular flexibility index (Phi) is 6.12. The molecule has 8 heteroatoms. The first-order chi connectivity index (χ1) is 9.37. The van der Waals surface area contributed by atoms with Crippen LogP contribution >= 0.6 is 12.4 Å². The summed E-state index contributed by atoms with van der Waals surface area (Å²) in [7, 11) is 0.